The molecule has 0 bridgehead atoms. The van der Waals surface area contributed by atoms with E-state index < -0.39 is 0 Å². The molecule has 6 nitrogen and oxygen atoms in total. The summed E-state index contributed by atoms with van der Waals surface area (Å²) in [5.41, 5.74) is 2.09. The second-order valence-corrected chi connectivity index (χ2v) is 7.08. The van der Waals surface area contributed by atoms with Crippen LogP contribution in [0, 0.1) is 0 Å². The van der Waals surface area contributed by atoms with Crippen LogP contribution in [0.3, 0.4) is 0 Å². The van der Waals surface area contributed by atoms with E-state index in [-0.39, 0.29) is 11.8 Å². The number of amides is 2. The molecule has 0 unspecified atom stereocenters. The van der Waals surface area contributed by atoms with Gasteiger partial charge in [-0.05, 0) is 43.5 Å². The number of nitrogens with one attached hydrogen (secondary N) is 2. The number of carbonyl (C=O) groups excluding carboxylic acids is 2. The zero-order valence-corrected chi connectivity index (χ0v) is 15.1. The van der Waals surface area contributed by atoms with Gasteiger partial charge in [0.15, 0.2) is 6.54 Å². The molecule has 2 aliphatic rings. The number of piperidine rings is 1. The molecule has 25 heavy (non-hydrogen) atoms. The number of nitrogens with zero attached hydrogens (tertiary/aromatic N) is 2. The van der Waals surface area contributed by atoms with Gasteiger partial charge in [-0.1, -0.05) is 0 Å². The first-order valence-corrected chi connectivity index (χ1v) is 9.36. The van der Waals surface area contributed by atoms with Crippen molar-refractivity contribution in [2.75, 3.05) is 56.0 Å². The third kappa shape index (κ3) is 4.95. The number of rotatable bonds is 4. The second kappa shape index (κ2) is 8.34. The van der Waals surface area contributed by atoms with Crippen molar-refractivity contribution >= 4 is 23.2 Å². The summed E-state index contributed by atoms with van der Waals surface area (Å²) in [6.07, 6.45) is 3.85. The summed E-state index contributed by atoms with van der Waals surface area (Å²) < 4.78 is 0. The lowest BCUT2D eigenvalue weighted by molar-refractivity contribution is -0.895. The van der Waals surface area contributed by atoms with Gasteiger partial charge in [0.2, 0.25) is 5.91 Å². The molecule has 2 fully saturated rings. The van der Waals surface area contributed by atoms with Crippen LogP contribution in [0.25, 0.3) is 0 Å². The Hall–Kier alpha value is -2.08. The van der Waals surface area contributed by atoms with Gasteiger partial charge in [0.05, 0.1) is 26.2 Å². The molecule has 136 valence electrons. The lowest BCUT2D eigenvalue weighted by Gasteiger charge is -2.31. The Morgan fingerprint density at radius 3 is 2.24 bits per heavy atom. The smallest absolute Gasteiger partial charge is 0.279 e. The van der Waals surface area contributed by atoms with Crippen LogP contribution in [-0.4, -0.2) is 62.5 Å². The molecule has 1 aromatic rings. The maximum atomic E-state index is 12.3. The zero-order valence-electron chi connectivity index (χ0n) is 15.1. The Morgan fingerprint density at radius 2 is 1.64 bits per heavy atom. The van der Waals surface area contributed by atoms with Crippen molar-refractivity contribution in [3.8, 4) is 0 Å². The monoisotopic (exact) mass is 345 g/mol. The van der Waals surface area contributed by atoms with Gasteiger partial charge in [0, 0.05) is 31.4 Å². The number of benzene rings is 1. The molecular formula is C19H29N4O2+. The Labute approximate surface area is 149 Å². The molecule has 0 saturated carbocycles. The number of hydrogen-bond acceptors (Lipinski definition) is 3. The second-order valence-electron chi connectivity index (χ2n) is 7.08. The van der Waals surface area contributed by atoms with Gasteiger partial charge >= 0.3 is 0 Å². The van der Waals surface area contributed by atoms with Crippen LogP contribution in [0.4, 0.5) is 11.4 Å². The van der Waals surface area contributed by atoms with E-state index in [9.17, 15) is 9.59 Å². The van der Waals surface area contributed by atoms with E-state index in [2.05, 4.69) is 22.3 Å². The zero-order chi connectivity index (χ0) is 17.6. The molecular weight excluding hydrogens is 316 g/mol. The molecule has 2 saturated heterocycles. The summed E-state index contributed by atoms with van der Waals surface area (Å²) >= 11 is 0. The Morgan fingerprint density at radius 1 is 1.00 bits per heavy atom. The van der Waals surface area contributed by atoms with Crippen molar-refractivity contribution in [3.63, 3.8) is 0 Å². The molecule has 2 heterocycles. The van der Waals surface area contributed by atoms with Crippen molar-refractivity contribution in [2.45, 2.75) is 26.2 Å². The molecule has 0 atom stereocenters. The van der Waals surface area contributed by atoms with Gasteiger partial charge in [0.1, 0.15) is 0 Å². The van der Waals surface area contributed by atoms with Crippen LogP contribution < -0.4 is 15.1 Å². The summed E-state index contributed by atoms with van der Waals surface area (Å²) in [6, 6.07) is 8.18. The summed E-state index contributed by atoms with van der Waals surface area (Å²) in [7, 11) is 0. The third-order valence-electron chi connectivity index (χ3n) is 5.20. The minimum Gasteiger partial charge on any atom is -0.372 e. The summed E-state index contributed by atoms with van der Waals surface area (Å²) in [5, 5.41) is 2.99. The van der Waals surface area contributed by atoms with Crippen molar-refractivity contribution in [3.05, 3.63) is 24.3 Å². The van der Waals surface area contributed by atoms with Gasteiger partial charge in [0.25, 0.3) is 5.91 Å². The predicted octanol–water partition coefficient (Wildman–Crippen LogP) is 0.362. The number of piperazine rings is 1. The van der Waals surface area contributed by atoms with Crippen molar-refractivity contribution in [2.24, 2.45) is 0 Å². The van der Waals surface area contributed by atoms with Crippen LogP contribution in [-0.2, 0) is 9.59 Å². The molecule has 1 aromatic carbocycles. The van der Waals surface area contributed by atoms with Crippen molar-refractivity contribution < 1.29 is 14.5 Å². The fourth-order valence-corrected chi connectivity index (χ4v) is 3.65. The topological polar surface area (TPSA) is 57.1 Å². The van der Waals surface area contributed by atoms with Crippen LogP contribution >= 0.6 is 0 Å². The minimum atomic E-state index is 0.0389. The first-order chi connectivity index (χ1) is 12.1. The highest BCUT2D eigenvalue weighted by atomic mass is 16.2. The molecule has 2 N–H and O–H groups in total. The number of anilines is 2. The van der Waals surface area contributed by atoms with E-state index in [4.69, 9.17) is 0 Å². The fourth-order valence-electron chi connectivity index (χ4n) is 3.65. The SMILES string of the molecule is CC(=O)N1CC[NH+](CC(=O)Nc2ccc(N3CCCCC3)cc2)CC1. The third-order valence-corrected chi connectivity index (χ3v) is 5.20. The van der Waals surface area contributed by atoms with E-state index in [1.54, 1.807) is 6.92 Å². The molecule has 2 aliphatic heterocycles. The van der Waals surface area contributed by atoms with E-state index in [0.29, 0.717) is 6.54 Å². The standard InChI is InChI=1S/C19H28N4O2/c1-16(24)22-13-11-21(12-14-22)15-19(25)20-17-5-7-18(8-6-17)23-9-3-2-4-10-23/h5-8H,2-4,9-15H2,1H3,(H,20,25)/p+1. The van der Waals surface area contributed by atoms with Crippen molar-refractivity contribution in [1.82, 2.24) is 4.90 Å². The summed E-state index contributed by atoms with van der Waals surface area (Å²) in [5.74, 6) is 0.161. The van der Waals surface area contributed by atoms with E-state index >= 15 is 0 Å². The van der Waals surface area contributed by atoms with Gasteiger partial charge in [-0.3, -0.25) is 9.59 Å². The molecule has 0 radical (unpaired) electrons. The maximum Gasteiger partial charge on any atom is 0.279 e. The number of carbonyl (C=O) groups is 2. The molecule has 3 rings (SSSR count). The van der Waals surface area contributed by atoms with E-state index in [0.717, 1.165) is 45.0 Å². The van der Waals surface area contributed by atoms with E-state index in [1.165, 1.54) is 29.8 Å². The molecule has 0 spiro atoms. The van der Waals surface area contributed by atoms with Crippen LogP contribution in [0.1, 0.15) is 26.2 Å². The average Bonchev–Trinajstić information content (AvgIpc) is 2.63. The normalized spacial score (nSPS) is 18.9. The lowest BCUT2D eigenvalue weighted by atomic mass is 10.1. The lowest BCUT2D eigenvalue weighted by Crippen LogP contribution is -3.15. The Balaban J connectivity index is 1.45. The highest BCUT2D eigenvalue weighted by Crippen LogP contribution is 2.21. The highest BCUT2D eigenvalue weighted by Gasteiger charge is 2.23. The predicted molar refractivity (Wildman–Crippen MR) is 99.0 cm³/mol. The Bertz CT molecular complexity index is 588. The van der Waals surface area contributed by atoms with Gasteiger partial charge in [-0.25, -0.2) is 0 Å². The highest BCUT2D eigenvalue weighted by molar-refractivity contribution is 5.91. The maximum absolute atomic E-state index is 12.3. The fraction of sp³-hybridized carbons (Fsp3) is 0.579. The van der Waals surface area contributed by atoms with Crippen molar-refractivity contribution in [1.29, 1.82) is 0 Å². The Kier molecular flexibility index (Phi) is 5.91. The number of hydrogen-bond donors (Lipinski definition) is 2. The first kappa shape index (κ1) is 17.7. The molecule has 0 aliphatic carbocycles. The van der Waals surface area contributed by atoms with E-state index in [1.807, 2.05) is 17.0 Å². The summed E-state index contributed by atoms with van der Waals surface area (Å²) in [4.78, 5) is 29.1. The average molecular weight is 345 g/mol. The van der Waals surface area contributed by atoms with Gasteiger partial charge in [-0.15, -0.1) is 0 Å². The minimum absolute atomic E-state index is 0.0389. The van der Waals surface area contributed by atoms with Crippen LogP contribution in [0.5, 0.6) is 0 Å². The van der Waals surface area contributed by atoms with Gasteiger partial charge < -0.3 is 20.0 Å². The molecule has 2 amide bonds. The first-order valence-electron chi connectivity index (χ1n) is 9.36. The largest absolute Gasteiger partial charge is 0.372 e. The van der Waals surface area contributed by atoms with Crippen LogP contribution in [0.2, 0.25) is 0 Å². The molecule has 6 heteroatoms. The quantitative estimate of drug-likeness (QED) is 0.829. The van der Waals surface area contributed by atoms with Crippen LogP contribution in [0.15, 0.2) is 24.3 Å². The van der Waals surface area contributed by atoms with Gasteiger partial charge in [-0.2, -0.15) is 0 Å². The molecule has 0 aromatic heterocycles. The number of quaternary nitrogens is 1. The summed E-state index contributed by atoms with van der Waals surface area (Å²) in [6.45, 7) is 7.46.